The smallest absolute Gasteiger partial charge is 0.254 e. The van der Waals surface area contributed by atoms with Crippen LogP contribution >= 0.6 is 11.6 Å². The lowest BCUT2D eigenvalue weighted by molar-refractivity contribution is 0.0952. The molecule has 0 aliphatic rings. The van der Waals surface area contributed by atoms with E-state index in [-0.39, 0.29) is 5.91 Å². The molecule has 1 aromatic carbocycles. The maximum absolute atomic E-state index is 11.9. The van der Waals surface area contributed by atoms with Gasteiger partial charge >= 0.3 is 0 Å². The van der Waals surface area contributed by atoms with E-state index in [0.29, 0.717) is 23.1 Å². The fraction of sp³-hybridized carbons (Fsp3) is 0.312. The Morgan fingerprint density at radius 1 is 1.27 bits per heavy atom. The number of aryl methyl sites for hydroxylation is 1. The van der Waals surface area contributed by atoms with Crippen LogP contribution in [0.15, 0.2) is 30.6 Å². The third-order valence-corrected chi connectivity index (χ3v) is 3.41. The summed E-state index contributed by atoms with van der Waals surface area (Å²) >= 11 is 5.98. The quantitative estimate of drug-likeness (QED) is 0.797. The molecule has 5 nitrogen and oxygen atoms in total. The zero-order valence-corrected chi connectivity index (χ0v) is 13.4. The molecule has 0 saturated carbocycles. The molecule has 0 spiro atoms. The molecule has 1 aromatic heterocycles. The molecule has 2 N–H and O–H groups in total. The molecule has 1 amide bonds. The van der Waals surface area contributed by atoms with E-state index in [0.717, 1.165) is 24.1 Å². The van der Waals surface area contributed by atoms with E-state index in [9.17, 15) is 4.79 Å². The van der Waals surface area contributed by atoms with E-state index in [1.54, 1.807) is 0 Å². The van der Waals surface area contributed by atoms with E-state index in [4.69, 9.17) is 11.6 Å². The SMILES string of the molecule is CCCCNC(=O)c1cnc(Nc2cc(Cl)ccc2C)nc1. The van der Waals surface area contributed by atoms with Crippen LogP contribution in [0, 0.1) is 6.92 Å². The maximum atomic E-state index is 11.9. The van der Waals surface area contributed by atoms with Crippen LogP contribution in [0.3, 0.4) is 0 Å². The van der Waals surface area contributed by atoms with Gasteiger partial charge < -0.3 is 10.6 Å². The second-order valence-corrected chi connectivity index (χ2v) is 5.43. The molecule has 1 heterocycles. The fourth-order valence-electron chi connectivity index (χ4n) is 1.84. The Labute approximate surface area is 135 Å². The lowest BCUT2D eigenvalue weighted by Gasteiger charge is -2.09. The number of rotatable bonds is 6. The highest BCUT2D eigenvalue weighted by Gasteiger charge is 2.07. The van der Waals surface area contributed by atoms with Crippen molar-refractivity contribution in [2.24, 2.45) is 0 Å². The van der Waals surface area contributed by atoms with Crippen LogP contribution in [0.1, 0.15) is 35.7 Å². The highest BCUT2D eigenvalue weighted by Crippen LogP contribution is 2.22. The molecule has 0 aliphatic carbocycles. The predicted octanol–water partition coefficient (Wildman–Crippen LogP) is 3.71. The summed E-state index contributed by atoms with van der Waals surface area (Å²) in [5.41, 5.74) is 2.33. The van der Waals surface area contributed by atoms with Crippen molar-refractivity contribution in [3.63, 3.8) is 0 Å². The van der Waals surface area contributed by atoms with E-state index < -0.39 is 0 Å². The molecule has 0 unspecified atom stereocenters. The molecule has 0 aliphatic heterocycles. The first-order valence-electron chi connectivity index (χ1n) is 7.23. The van der Waals surface area contributed by atoms with Crippen LogP contribution in [-0.4, -0.2) is 22.4 Å². The number of hydrogen-bond donors (Lipinski definition) is 2. The predicted molar refractivity (Wildman–Crippen MR) is 88.7 cm³/mol. The summed E-state index contributed by atoms with van der Waals surface area (Å²) in [6.07, 6.45) is 5.02. The number of nitrogens with one attached hydrogen (secondary N) is 2. The Bertz CT molecular complexity index is 643. The number of unbranched alkanes of at least 4 members (excludes halogenated alkanes) is 1. The van der Waals surface area contributed by atoms with E-state index in [1.165, 1.54) is 12.4 Å². The van der Waals surface area contributed by atoms with Crippen LogP contribution in [0.25, 0.3) is 0 Å². The summed E-state index contributed by atoms with van der Waals surface area (Å²) in [4.78, 5) is 20.2. The Morgan fingerprint density at radius 2 is 2.00 bits per heavy atom. The third-order valence-electron chi connectivity index (χ3n) is 3.18. The number of carbonyl (C=O) groups is 1. The van der Waals surface area contributed by atoms with Crippen LogP contribution in [0.4, 0.5) is 11.6 Å². The van der Waals surface area contributed by atoms with Crippen molar-refractivity contribution >= 4 is 29.1 Å². The summed E-state index contributed by atoms with van der Waals surface area (Å²) in [6.45, 7) is 4.71. The Kier molecular flexibility index (Phi) is 5.72. The van der Waals surface area contributed by atoms with Gasteiger partial charge in [-0.3, -0.25) is 4.79 Å². The normalized spacial score (nSPS) is 10.3. The van der Waals surface area contributed by atoms with Crippen molar-refractivity contribution < 1.29 is 4.79 Å². The number of hydrogen-bond acceptors (Lipinski definition) is 4. The standard InChI is InChI=1S/C16H19ClN4O/c1-3-4-7-18-15(22)12-9-19-16(20-10-12)21-14-8-13(17)6-5-11(14)2/h5-6,8-10H,3-4,7H2,1-2H3,(H,18,22)(H,19,20,21). The second-order valence-electron chi connectivity index (χ2n) is 4.99. The van der Waals surface area contributed by atoms with Gasteiger partial charge in [0.2, 0.25) is 5.95 Å². The van der Waals surface area contributed by atoms with Crippen LogP contribution in [0.2, 0.25) is 5.02 Å². The number of halogens is 1. The number of amides is 1. The van der Waals surface area contributed by atoms with Crippen molar-refractivity contribution in [3.05, 3.63) is 46.7 Å². The van der Waals surface area contributed by atoms with Crippen molar-refractivity contribution in [2.45, 2.75) is 26.7 Å². The van der Waals surface area contributed by atoms with Crippen molar-refractivity contribution in [1.82, 2.24) is 15.3 Å². The van der Waals surface area contributed by atoms with Gasteiger partial charge in [0, 0.05) is 29.6 Å². The second kappa shape index (κ2) is 7.75. The average molecular weight is 319 g/mol. The van der Waals surface area contributed by atoms with Crippen LogP contribution in [-0.2, 0) is 0 Å². The van der Waals surface area contributed by atoms with Crippen LogP contribution in [0.5, 0.6) is 0 Å². The van der Waals surface area contributed by atoms with Gasteiger partial charge in [0.15, 0.2) is 0 Å². The van der Waals surface area contributed by atoms with Crippen molar-refractivity contribution in [2.75, 3.05) is 11.9 Å². The molecule has 2 aromatic rings. The maximum Gasteiger partial charge on any atom is 0.254 e. The summed E-state index contributed by atoms with van der Waals surface area (Å²) < 4.78 is 0. The molecule has 0 radical (unpaired) electrons. The molecule has 22 heavy (non-hydrogen) atoms. The minimum Gasteiger partial charge on any atom is -0.352 e. The fourth-order valence-corrected chi connectivity index (χ4v) is 2.01. The first kappa shape index (κ1) is 16.2. The van der Waals surface area contributed by atoms with Crippen LogP contribution < -0.4 is 10.6 Å². The molecule has 0 atom stereocenters. The number of carbonyl (C=O) groups excluding carboxylic acids is 1. The summed E-state index contributed by atoms with van der Waals surface area (Å²) in [7, 11) is 0. The lowest BCUT2D eigenvalue weighted by atomic mass is 10.2. The number of nitrogens with zero attached hydrogens (tertiary/aromatic N) is 2. The summed E-state index contributed by atoms with van der Waals surface area (Å²) in [6, 6.07) is 5.55. The van der Waals surface area contributed by atoms with Gasteiger partial charge in [-0.1, -0.05) is 31.0 Å². The molecule has 2 rings (SSSR count). The monoisotopic (exact) mass is 318 g/mol. The molecule has 0 bridgehead atoms. The first-order chi connectivity index (χ1) is 10.6. The lowest BCUT2D eigenvalue weighted by Crippen LogP contribution is -2.24. The Hall–Kier alpha value is -2.14. The Morgan fingerprint density at radius 3 is 2.68 bits per heavy atom. The van der Waals surface area contributed by atoms with E-state index >= 15 is 0 Å². The molecule has 0 saturated heterocycles. The molecular weight excluding hydrogens is 300 g/mol. The zero-order valence-electron chi connectivity index (χ0n) is 12.7. The van der Waals surface area contributed by atoms with E-state index in [1.807, 2.05) is 25.1 Å². The summed E-state index contributed by atoms with van der Waals surface area (Å²) in [5, 5.41) is 6.56. The average Bonchev–Trinajstić information content (AvgIpc) is 2.52. The minimum absolute atomic E-state index is 0.154. The molecule has 0 fully saturated rings. The van der Waals surface area contributed by atoms with Gasteiger partial charge in [-0.25, -0.2) is 9.97 Å². The molecule has 6 heteroatoms. The van der Waals surface area contributed by atoms with Gasteiger partial charge in [0.05, 0.1) is 5.56 Å². The van der Waals surface area contributed by atoms with Crippen molar-refractivity contribution in [3.8, 4) is 0 Å². The van der Waals surface area contributed by atoms with Gasteiger partial charge in [-0.15, -0.1) is 0 Å². The first-order valence-corrected chi connectivity index (χ1v) is 7.61. The highest BCUT2D eigenvalue weighted by molar-refractivity contribution is 6.30. The van der Waals surface area contributed by atoms with Gasteiger partial charge in [-0.05, 0) is 31.0 Å². The Balaban J connectivity index is 2.02. The largest absolute Gasteiger partial charge is 0.352 e. The highest BCUT2D eigenvalue weighted by atomic mass is 35.5. The third kappa shape index (κ3) is 4.43. The van der Waals surface area contributed by atoms with Gasteiger partial charge in [-0.2, -0.15) is 0 Å². The topological polar surface area (TPSA) is 66.9 Å². The zero-order chi connectivity index (χ0) is 15.9. The summed E-state index contributed by atoms with van der Waals surface area (Å²) in [5.74, 6) is 0.273. The van der Waals surface area contributed by atoms with E-state index in [2.05, 4.69) is 27.5 Å². The van der Waals surface area contributed by atoms with Crippen molar-refractivity contribution in [1.29, 1.82) is 0 Å². The van der Waals surface area contributed by atoms with Gasteiger partial charge in [0.25, 0.3) is 5.91 Å². The molecule has 116 valence electrons. The minimum atomic E-state index is -0.154. The van der Waals surface area contributed by atoms with Gasteiger partial charge in [0.1, 0.15) is 0 Å². The number of aromatic nitrogens is 2. The number of anilines is 2. The number of benzene rings is 1. The molecular formula is C16H19ClN4O.